The molecule has 0 aliphatic carbocycles. The first kappa shape index (κ1) is 17.8. The lowest BCUT2D eigenvalue weighted by molar-refractivity contribution is 0.247. The average Bonchev–Trinajstić information content (AvgIpc) is 3.20. The average molecular weight is 414 g/mol. The van der Waals surface area contributed by atoms with E-state index in [4.69, 9.17) is 11.6 Å². The van der Waals surface area contributed by atoms with Gasteiger partial charge < -0.3 is 9.88 Å². The van der Waals surface area contributed by atoms with Crippen LogP contribution in [0.5, 0.6) is 0 Å². The third kappa shape index (κ3) is 2.67. The largest absolute Gasteiger partial charge is 0.372 e. The zero-order valence-corrected chi connectivity index (χ0v) is 16.7. The van der Waals surface area contributed by atoms with Crippen LogP contribution in [-0.4, -0.2) is 30.4 Å². The number of halogens is 1. The fourth-order valence-corrected chi connectivity index (χ4v) is 6.10. The standard InChI is InChI=1S/C21H20ClN3O2S/c22-16-5-3-6-17(15-16)28(26,27)24-13-10-21(11-14-24)20-9-4-12-25(20)19-8-2-1-7-18(19)23-21/h1-9,12,15,23H,10-11,13-14H2. The zero-order chi connectivity index (χ0) is 19.4. The Balaban J connectivity index is 1.45. The number of hydrogen-bond donors (Lipinski definition) is 1. The molecule has 0 saturated carbocycles. The second kappa shape index (κ2) is 6.37. The molecule has 1 N–H and O–H groups in total. The zero-order valence-electron chi connectivity index (χ0n) is 15.2. The first-order valence-electron chi connectivity index (χ1n) is 9.31. The van der Waals surface area contributed by atoms with Crippen molar-refractivity contribution in [3.63, 3.8) is 0 Å². The number of benzene rings is 2. The van der Waals surface area contributed by atoms with Crippen molar-refractivity contribution < 1.29 is 8.42 Å². The number of rotatable bonds is 2. The Morgan fingerprint density at radius 3 is 2.54 bits per heavy atom. The lowest BCUT2D eigenvalue weighted by Crippen LogP contribution is -2.50. The Hall–Kier alpha value is -2.28. The van der Waals surface area contributed by atoms with Crippen LogP contribution < -0.4 is 5.32 Å². The molecule has 28 heavy (non-hydrogen) atoms. The molecule has 3 heterocycles. The first-order valence-corrected chi connectivity index (χ1v) is 11.1. The van der Waals surface area contributed by atoms with Crippen molar-refractivity contribution in [2.45, 2.75) is 23.3 Å². The van der Waals surface area contributed by atoms with Gasteiger partial charge >= 0.3 is 0 Å². The van der Waals surface area contributed by atoms with Gasteiger partial charge in [0.15, 0.2) is 0 Å². The van der Waals surface area contributed by atoms with Crippen molar-refractivity contribution in [1.29, 1.82) is 0 Å². The van der Waals surface area contributed by atoms with Gasteiger partial charge in [-0.1, -0.05) is 29.8 Å². The number of aromatic nitrogens is 1. The van der Waals surface area contributed by atoms with E-state index in [-0.39, 0.29) is 10.4 Å². The molecule has 0 radical (unpaired) electrons. The second-order valence-electron chi connectivity index (χ2n) is 7.35. The summed E-state index contributed by atoms with van der Waals surface area (Å²) in [5.74, 6) is 0. The molecule has 0 atom stereocenters. The number of nitrogens with one attached hydrogen (secondary N) is 1. The molecular formula is C21H20ClN3O2S. The van der Waals surface area contributed by atoms with Gasteiger partial charge in [-0.2, -0.15) is 4.31 Å². The number of anilines is 1. The molecule has 1 spiro atoms. The van der Waals surface area contributed by atoms with Gasteiger partial charge in [0.25, 0.3) is 0 Å². The molecular weight excluding hydrogens is 394 g/mol. The summed E-state index contributed by atoms with van der Waals surface area (Å²) in [7, 11) is -3.55. The van der Waals surface area contributed by atoms with E-state index in [2.05, 4.69) is 40.3 Å². The fraction of sp³-hybridized carbons (Fsp3) is 0.238. The van der Waals surface area contributed by atoms with Crippen LogP contribution in [0, 0.1) is 0 Å². The van der Waals surface area contributed by atoms with Gasteiger partial charge in [-0.25, -0.2) is 8.42 Å². The van der Waals surface area contributed by atoms with E-state index in [1.165, 1.54) is 11.8 Å². The summed E-state index contributed by atoms with van der Waals surface area (Å²) in [4.78, 5) is 0.251. The molecule has 7 heteroatoms. The van der Waals surface area contributed by atoms with Gasteiger partial charge in [-0.15, -0.1) is 0 Å². The summed E-state index contributed by atoms with van der Waals surface area (Å²) in [6.07, 6.45) is 3.47. The van der Waals surface area contributed by atoms with E-state index in [1.54, 1.807) is 22.5 Å². The Morgan fingerprint density at radius 1 is 0.964 bits per heavy atom. The minimum absolute atomic E-state index is 0.251. The Kier molecular flexibility index (Phi) is 4.05. The highest BCUT2D eigenvalue weighted by Gasteiger charge is 2.43. The minimum Gasteiger partial charge on any atom is -0.372 e. The van der Waals surface area contributed by atoms with Crippen LogP contribution in [0.1, 0.15) is 18.5 Å². The van der Waals surface area contributed by atoms with E-state index >= 15 is 0 Å². The number of fused-ring (bicyclic) bond motifs is 4. The van der Waals surface area contributed by atoms with Crippen LogP contribution in [0.25, 0.3) is 5.69 Å². The van der Waals surface area contributed by atoms with Crippen LogP contribution in [-0.2, 0) is 15.6 Å². The highest BCUT2D eigenvalue weighted by Crippen LogP contribution is 2.44. The molecule has 144 valence electrons. The van der Waals surface area contributed by atoms with E-state index in [1.807, 2.05) is 12.1 Å². The summed E-state index contributed by atoms with van der Waals surface area (Å²) in [6.45, 7) is 0.907. The molecule has 2 aromatic carbocycles. The Morgan fingerprint density at radius 2 is 1.75 bits per heavy atom. The van der Waals surface area contributed by atoms with Crippen molar-refractivity contribution in [3.8, 4) is 5.69 Å². The number of sulfonamides is 1. The molecule has 5 rings (SSSR count). The van der Waals surface area contributed by atoms with Gasteiger partial charge in [0.2, 0.25) is 10.0 Å². The van der Waals surface area contributed by atoms with Crippen LogP contribution in [0.3, 0.4) is 0 Å². The van der Waals surface area contributed by atoms with E-state index in [9.17, 15) is 8.42 Å². The molecule has 3 aromatic rings. The molecule has 0 amide bonds. The molecule has 2 aliphatic heterocycles. The molecule has 5 nitrogen and oxygen atoms in total. The SMILES string of the molecule is O=S(=O)(c1cccc(Cl)c1)N1CCC2(CC1)Nc1ccccc1-n1cccc12. The number of para-hydroxylation sites is 2. The molecule has 0 unspecified atom stereocenters. The van der Waals surface area contributed by atoms with Crippen LogP contribution in [0.4, 0.5) is 5.69 Å². The molecule has 2 aliphatic rings. The van der Waals surface area contributed by atoms with Gasteiger partial charge in [0.1, 0.15) is 0 Å². The number of hydrogen-bond acceptors (Lipinski definition) is 3. The highest BCUT2D eigenvalue weighted by atomic mass is 35.5. The van der Waals surface area contributed by atoms with Crippen LogP contribution in [0.15, 0.2) is 71.8 Å². The second-order valence-corrected chi connectivity index (χ2v) is 9.72. The lowest BCUT2D eigenvalue weighted by atomic mass is 9.83. The number of piperidine rings is 1. The Labute approximate surface area is 169 Å². The Bertz CT molecular complexity index is 1150. The summed E-state index contributed by atoms with van der Waals surface area (Å²) in [5.41, 5.74) is 3.13. The summed E-state index contributed by atoms with van der Waals surface area (Å²) >= 11 is 6.00. The van der Waals surface area contributed by atoms with Crippen molar-refractivity contribution in [2.75, 3.05) is 18.4 Å². The first-order chi connectivity index (χ1) is 13.5. The monoisotopic (exact) mass is 413 g/mol. The van der Waals surface area contributed by atoms with Crippen molar-refractivity contribution >= 4 is 27.3 Å². The van der Waals surface area contributed by atoms with Gasteiger partial charge in [-0.05, 0) is 55.3 Å². The highest BCUT2D eigenvalue weighted by molar-refractivity contribution is 7.89. The van der Waals surface area contributed by atoms with Crippen molar-refractivity contribution in [2.24, 2.45) is 0 Å². The smallest absolute Gasteiger partial charge is 0.243 e. The number of nitrogens with zero attached hydrogens (tertiary/aromatic N) is 2. The van der Waals surface area contributed by atoms with Gasteiger partial charge in [-0.3, -0.25) is 0 Å². The topological polar surface area (TPSA) is 54.3 Å². The maximum absolute atomic E-state index is 13.0. The van der Waals surface area contributed by atoms with Crippen LogP contribution in [0.2, 0.25) is 5.02 Å². The van der Waals surface area contributed by atoms with Crippen LogP contribution >= 0.6 is 11.6 Å². The summed E-state index contributed by atoms with van der Waals surface area (Å²) in [6, 6.07) is 18.9. The van der Waals surface area contributed by atoms with Crippen molar-refractivity contribution in [1.82, 2.24) is 8.87 Å². The maximum atomic E-state index is 13.0. The summed E-state index contributed by atoms with van der Waals surface area (Å²) in [5, 5.41) is 4.14. The predicted molar refractivity (Wildman–Crippen MR) is 111 cm³/mol. The van der Waals surface area contributed by atoms with Gasteiger partial charge in [0.05, 0.1) is 21.8 Å². The normalized spacial score (nSPS) is 18.3. The molecule has 1 aromatic heterocycles. The minimum atomic E-state index is -3.55. The lowest BCUT2D eigenvalue weighted by Gasteiger charge is -2.45. The van der Waals surface area contributed by atoms with Gasteiger partial charge in [0, 0.05) is 30.0 Å². The summed E-state index contributed by atoms with van der Waals surface area (Å²) < 4.78 is 29.9. The fourth-order valence-electron chi connectivity index (χ4n) is 4.36. The third-order valence-electron chi connectivity index (χ3n) is 5.79. The van der Waals surface area contributed by atoms with Crippen molar-refractivity contribution in [3.05, 3.63) is 77.6 Å². The quantitative estimate of drug-likeness (QED) is 0.683. The van der Waals surface area contributed by atoms with E-state index < -0.39 is 10.0 Å². The maximum Gasteiger partial charge on any atom is 0.243 e. The molecule has 1 fully saturated rings. The van der Waals surface area contributed by atoms with E-state index in [0.29, 0.717) is 31.0 Å². The van der Waals surface area contributed by atoms with E-state index in [0.717, 1.165) is 11.4 Å². The molecule has 1 saturated heterocycles. The molecule has 0 bridgehead atoms. The third-order valence-corrected chi connectivity index (χ3v) is 7.92. The predicted octanol–water partition coefficient (Wildman–Crippen LogP) is 4.24.